The third-order valence-electron chi connectivity index (χ3n) is 1.67. The second-order valence-electron chi connectivity index (χ2n) is 2.61. The molecule has 1 aromatic heterocycles. The number of carbonyl (C=O) groups is 1. The van der Waals surface area contributed by atoms with Crippen LogP contribution in [-0.4, -0.2) is 23.2 Å². The smallest absolute Gasteiger partial charge is 0.341 e. The lowest BCUT2D eigenvalue weighted by molar-refractivity contribution is 0.0596. The van der Waals surface area contributed by atoms with Gasteiger partial charge >= 0.3 is 5.97 Å². The Morgan fingerprint density at radius 1 is 1.60 bits per heavy atom. The van der Waals surface area contributed by atoms with Crippen molar-refractivity contribution in [1.29, 1.82) is 0 Å². The molecule has 0 amide bonds. The van der Waals surface area contributed by atoms with E-state index in [0.29, 0.717) is 6.07 Å². The number of methoxy groups -OCH3 is 1. The molecule has 0 fully saturated rings. The van der Waals surface area contributed by atoms with E-state index in [2.05, 4.69) is 4.74 Å². The minimum absolute atomic E-state index is 0.587. The zero-order valence-electron chi connectivity index (χ0n) is 7.58. The number of nitrogens with one attached hydrogen (secondary N) is 1. The minimum atomic E-state index is -2.94. The van der Waals surface area contributed by atoms with E-state index in [1.807, 2.05) is 0 Å². The fourth-order valence-electron chi connectivity index (χ4n) is 0.956. The Balaban J connectivity index is 3.38. The SMILES string of the molecule is COC(=O)c1cc(C(F)F)[nH]c(=O)c1O. The summed E-state index contributed by atoms with van der Waals surface area (Å²) >= 11 is 0. The number of halogens is 2. The van der Waals surface area contributed by atoms with E-state index in [-0.39, 0.29) is 0 Å². The third-order valence-corrected chi connectivity index (χ3v) is 1.67. The summed E-state index contributed by atoms with van der Waals surface area (Å²) in [6, 6.07) is 0.674. The molecule has 1 heterocycles. The lowest BCUT2D eigenvalue weighted by atomic mass is 10.2. The Bertz CT molecular complexity index is 441. The van der Waals surface area contributed by atoms with Crippen LogP contribution in [0.25, 0.3) is 0 Å². The molecule has 0 aromatic carbocycles. The second-order valence-corrected chi connectivity index (χ2v) is 2.61. The van der Waals surface area contributed by atoms with Gasteiger partial charge < -0.3 is 14.8 Å². The fraction of sp³-hybridized carbons (Fsp3) is 0.250. The molecule has 1 rings (SSSR count). The van der Waals surface area contributed by atoms with Crippen molar-refractivity contribution < 1.29 is 23.4 Å². The number of pyridine rings is 1. The molecular formula is C8H7F2NO4. The number of aromatic hydroxyl groups is 1. The van der Waals surface area contributed by atoms with Crippen LogP contribution in [0.15, 0.2) is 10.9 Å². The number of ether oxygens (including phenoxy) is 1. The van der Waals surface area contributed by atoms with E-state index in [1.165, 1.54) is 0 Å². The average Bonchev–Trinajstić information content (AvgIpc) is 2.20. The number of carbonyl (C=O) groups excluding carboxylic acids is 1. The van der Waals surface area contributed by atoms with Gasteiger partial charge in [0.25, 0.3) is 12.0 Å². The Morgan fingerprint density at radius 2 is 2.20 bits per heavy atom. The standard InChI is InChI=1S/C8H7F2NO4/c1-15-8(14)3-2-4(6(9)10)11-7(13)5(3)12/h2,6,12H,1H3,(H,11,13). The molecule has 2 N–H and O–H groups in total. The van der Waals surface area contributed by atoms with Crippen LogP contribution in [-0.2, 0) is 4.74 Å². The van der Waals surface area contributed by atoms with Crippen molar-refractivity contribution in [2.24, 2.45) is 0 Å². The second kappa shape index (κ2) is 4.07. The number of aromatic amines is 1. The Morgan fingerprint density at radius 3 is 2.67 bits per heavy atom. The van der Waals surface area contributed by atoms with Crippen molar-refractivity contribution in [3.8, 4) is 5.75 Å². The van der Waals surface area contributed by atoms with Gasteiger partial charge in [0.1, 0.15) is 5.56 Å². The van der Waals surface area contributed by atoms with Crippen LogP contribution in [0.2, 0.25) is 0 Å². The molecule has 82 valence electrons. The summed E-state index contributed by atoms with van der Waals surface area (Å²) in [6.45, 7) is 0. The first kappa shape index (κ1) is 11.2. The van der Waals surface area contributed by atoms with E-state index in [1.54, 1.807) is 4.98 Å². The van der Waals surface area contributed by atoms with Crippen LogP contribution in [0.1, 0.15) is 22.5 Å². The van der Waals surface area contributed by atoms with Crippen molar-refractivity contribution in [3.05, 3.63) is 27.7 Å². The summed E-state index contributed by atoms with van der Waals surface area (Å²) in [7, 11) is 1.00. The minimum Gasteiger partial charge on any atom is -0.502 e. The first-order valence-electron chi connectivity index (χ1n) is 3.80. The molecule has 5 nitrogen and oxygen atoms in total. The molecule has 0 atom stereocenters. The van der Waals surface area contributed by atoms with Gasteiger partial charge in [0.05, 0.1) is 12.8 Å². The van der Waals surface area contributed by atoms with Crippen LogP contribution in [0.3, 0.4) is 0 Å². The van der Waals surface area contributed by atoms with Gasteiger partial charge in [-0.3, -0.25) is 4.79 Å². The maximum atomic E-state index is 12.2. The molecular weight excluding hydrogens is 212 g/mol. The molecule has 0 saturated carbocycles. The predicted octanol–water partition coefficient (Wildman–Crippen LogP) is 0.805. The highest BCUT2D eigenvalue weighted by atomic mass is 19.3. The first-order valence-corrected chi connectivity index (χ1v) is 3.80. The van der Waals surface area contributed by atoms with Gasteiger partial charge in [0.2, 0.25) is 0 Å². The maximum Gasteiger partial charge on any atom is 0.341 e. The first-order chi connectivity index (χ1) is 6.97. The van der Waals surface area contributed by atoms with E-state index in [0.717, 1.165) is 7.11 Å². The van der Waals surface area contributed by atoms with Gasteiger partial charge in [-0.05, 0) is 6.07 Å². The number of esters is 1. The highest BCUT2D eigenvalue weighted by molar-refractivity contribution is 5.92. The highest BCUT2D eigenvalue weighted by Gasteiger charge is 2.19. The summed E-state index contributed by atoms with van der Waals surface area (Å²) in [5.74, 6) is -1.99. The normalized spacial score (nSPS) is 10.4. The molecule has 15 heavy (non-hydrogen) atoms. The molecule has 7 heteroatoms. The van der Waals surface area contributed by atoms with Crippen molar-refractivity contribution in [3.63, 3.8) is 0 Å². The number of hydrogen-bond donors (Lipinski definition) is 2. The number of hydrogen-bond acceptors (Lipinski definition) is 4. The van der Waals surface area contributed by atoms with Gasteiger partial charge in [-0.25, -0.2) is 13.6 Å². The number of aromatic nitrogens is 1. The zero-order chi connectivity index (χ0) is 11.6. The Kier molecular flexibility index (Phi) is 3.03. The topological polar surface area (TPSA) is 79.4 Å². The lowest BCUT2D eigenvalue weighted by Gasteiger charge is -2.04. The lowest BCUT2D eigenvalue weighted by Crippen LogP contribution is -2.14. The maximum absolute atomic E-state index is 12.2. The largest absolute Gasteiger partial charge is 0.502 e. The molecule has 0 saturated heterocycles. The Labute approximate surface area is 82.3 Å². The van der Waals surface area contributed by atoms with E-state index >= 15 is 0 Å². The average molecular weight is 219 g/mol. The van der Waals surface area contributed by atoms with Crippen LogP contribution in [0, 0.1) is 0 Å². The van der Waals surface area contributed by atoms with Gasteiger partial charge in [0, 0.05) is 0 Å². The quantitative estimate of drug-likeness (QED) is 0.721. The predicted molar refractivity (Wildman–Crippen MR) is 45.0 cm³/mol. The summed E-state index contributed by atoms with van der Waals surface area (Å²) in [5.41, 5.74) is -2.50. The number of alkyl halides is 2. The van der Waals surface area contributed by atoms with Crippen molar-refractivity contribution in [2.45, 2.75) is 6.43 Å². The molecule has 0 spiro atoms. The van der Waals surface area contributed by atoms with Crippen LogP contribution >= 0.6 is 0 Å². The third kappa shape index (κ3) is 2.12. The Hall–Kier alpha value is -1.92. The van der Waals surface area contributed by atoms with Crippen LogP contribution < -0.4 is 5.56 Å². The van der Waals surface area contributed by atoms with Crippen molar-refractivity contribution in [1.82, 2.24) is 4.98 Å². The fourth-order valence-corrected chi connectivity index (χ4v) is 0.956. The van der Waals surface area contributed by atoms with E-state index < -0.39 is 35.0 Å². The summed E-state index contributed by atoms with van der Waals surface area (Å²) in [4.78, 5) is 23.7. The molecule has 0 unspecified atom stereocenters. The van der Waals surface area contributed by atoms with Gasteiger partial charge in [-0.15, -0.1) is 0 Å². The molecule has 0 aliphatic rings. The van der Waals surface area contributed by atoms with Crippen molar-refractivity contribution in [2.75, 3.05) is 7.11 Å². The van der Waals surface area contributed by atoms with Gasteiger partial charge in [0.15, 0.2) is 5.75 Å². The summed E-state index contributed by atoms with van der Waals surface area (Å²) < 4.78 is 28.7. The van der Waals surface area contributed by atoms with E-state index in [4.69, 9.17) is 5.11 Å². The monoisotopic (exact) mass is 219 g/mol. The zero-order valence-corrected chi connectivity index (χ0v) is 7.58. The van der Waals surface area contributed by atoms with E-state index in [9.17, 15) is 18.4 Å². The van der Waals surface area contributed by atoms with Crippen LogP contribution in [0.5, 0.6) is 5.75 Å². The van der Waals surface area contributed by atoms with Gasteiger partial charge in [-0.2, -0.15) is 0 Å². The molecule has 1 aromatic rings. The van der Waals surface area contributed by atoms with Crippen molar-refractivity contribution >= 4 is 5.97 Å². The summed E-state index contributed by atoms with van der Waals surface area (Å²) in [5, 5.41) is 9.12. The van der Waals surface area contributed by atoms with Crippen LogP contribution in [0.4, 0.5) is 8.78 Å². The molecule has 0 radical (unpaired) electrons. The number of H-pyrrole nitrogens is 1. The molecule has 0 aliphatic carbocycles. The highest BCUT2D eigenvalue weighted by Crippen LogP contribution is 2.20. The van der Waals surface area contributed by atoms with Gasteiger partial charge in [-0.1, -0.05) is 0 Å². The molecule has 0 bridgehead atoms. The summed E-state index contributed by atoms with van der Waals surface area (Å²) in [6.07, 6.45) is -2.94. The molecule has 0 aliphatic heterocycles. The number of rotatable bonds is 2.